The van der Waals surface area contributed by atoms with E-state index in [1.165, 1.54) is 3.57 Å². The molecule has 0 saturated carbocycles. The topological polar surface area (TPSA) is 70.4 Å². The van der Waals surface area contributed by atoms with Crippen molar-refractivity contribution in [3.05, 3.63) is 66.2 Å². The molecule has 0 aliphatic heterocycles. The fourth-order valence-corrected chi connectivity index (χ4v) is 3.96. The molecule has 27 heavy (non-hydrogen) atoms. The SMILES string of the molecule is CC(=NNc1cc(C)nc(-c2cc(Br)cc(Br)c2O)n1)c1ccc(I)cc1. The van der Waals surface area contributed by atoms with Crippen molar-refractivity contribution in [3.8, 4) is 17.1 Å². The van der Waals surface area contributed by atoms with E-state index in [1.807, 2.05) is 38.1 Å². The molecule has 0 atom stereocenters. The fourth-order valence-electron chi connectivity index (χ4n) is 2.38. The summed E-state index contributed by atoms with van der Waals surface area (Å²) < 4.78 is 2.56. The number of phenolic OH excluding ortho intramolecular Hbond substituents is 1. The van der Waals surface area contributed by atoms with Crippen LogP contribution in [0.2, 0.25) is 0 Å². The zero-order chi connectivity index (χ0) is 19.6. The van der Waals surface area contributed by atoms with Crippen LogP contribution >= 0.6 is 54.5 Å². The molecule has 3 aromatic rings. The molecule has 0 amide bonds. The van der Waals surface area contributed by atoms with Gasteiger partial charge in [0.1, 0.15) is 5.75 Å². The first-order valence-corrected chi connectivity index (χ1v) is 10.6. The lowest BCUT2D eigenvalue weighted by atomic mass is 10.1. The van der Waals surface area contributed by atoms with Gasteiger partial charge in [-0.2, -0.15) is 5.10 Å². The molecule has 138 valence electrons. The fraction of sp³-hybridized carbons (Fsp3) is 0.105. The Morgan fingerprint density at radius 1 is 1.11 bits per heavy atom. The number of hydrazone groups is 1. The molecule has 0 aliphatic rings. The number of phenols is 1. The van der Waals surface area contributed by atoms with Crippen molar-refractivity contribution in [2.75, 3.05) is 5.43 Å². The molecule has 0 radical (unpaired) electrons. The number of benzene rings is 2. The number of hydrogen-bond acceptors (Lipinski definition) is 5. The number of rotatable bonds is 4. The first-order valence-electron chi connectivity index (χ1n) is 7.94. The van der Waals surface area contributed by atoms with Crippen molar-refractivity contribution in [3.63, 3.8) is 0 Å². The molecule has 1 heterocycles. The summed E-state index contributed by atoms with van der Waals surface area (Å²) in [4.78, 5) is 8.93. The minimum Gasteiger partial charge on any atom is -0.506 e. The summed E-state index contributed by atoms with van der Waals surface area (Å²) in [6.07, 6.45) is 0. The van der Waals surface area contributed by atoms with Crippen LogP contribution in [0, 0.1) is 10.5 Å². The number of hydrogen-bond donors (Lipinski definition) is 2. The lowest BCUT2D eigenvalue weighted by Gasteiger charge is -2.09. The minimum atomic E-state index is 0.0910. The number of nitrogens with one attached hydrogen (secondary N) is 1. The van der Waals surface area contributed by atoms with Crippen molar-refractivity contribution in [2.24, 2.45) is 5.10 Å². The quantitative estimate of drug-likeness (QED) is 0.215. The molecule has 1 aromatic heterocycles. The van der Waals surface area contributed by atoms with Gasteiger partial charge in [0.15, 0.2) is 11.6 Å². The first kappa shape index (κ1) is 20.2. The van der Waals surface area contributed by atoms with Gasteiger partial charge in [-0.1, -0.05) is 28.1 Å². The summed E-state index contributed by atoms with van der Waals surface area (Å²) in [7, 11) is 0. The van der Waals surface area contributed by atoms with Crippen LogP contribution in [0.4, 0.5) is 5.82 Å². The number of nitrogens with zero attached hydrogens (tertiary/aromatic N) is 3. The van der Waals surface area contributed by atoms with E-state index in [4.69, 9.17) is 0 Å². The summed E-state index contributed by atoms with van der Waals surface area (Å²) in [5, 5.41) is 14.8. The van der Waals surface area contributed by atoms with Crippen LogP contribution in [0.25, 0.3) is 11.4 Å². The predicted octanol–water partition coefficient (Wildman–Crippen LogP) is 6.12. The maximum atomic E-state index is 10.4. The highest BCUT2D eigenvalue weighted by molar-refractivity contribution is 14.1. The Labute approximate surface area is 187 Å². The van der Waals surface area contributed by atoms with Crippen LogP contribution in [-0.2, 0) is 0 Å². The van der Waals surface area contributed by atoms with Crippen molar-refractivity contribution >= 4 is 66.0 Å². The average Bonchev–Trinajstić information content (AvgIpc) is 2.63. The van der Waals surface area contributed by atoms with Gasteiger partial charge in [-0.05, 0) is 82.2 Å². The van der Waals surface area contributed by atoms with E-state index in [1.54, 1.807) is 18.2 Å². The van der Waals surface area contributed by atoms with Crippen molar-refractivity contribution < 1.29 is 5.11 Å². The number of aromatic hydroxyl groups is 1. The molecule has 0 bridgehead atoms. The Morgan fingerprint density at radius 3 is 2.52 bits per heavy atom. The van der Waals surface area contributed by atoms with Gasteiger partial charge in [0.2, 0.25) is 0 Å². The monoisotopic (exact) mass is 600 g/mol. The van der Waals surface area contributed by atoms with Crippen LogP contribution < -0.4 is 5.43 Å². The van der Waals surface area contributed by atoms with Gasteiger partial charge >= 0.3 is 0 Å². The summed E-state index contributed by atoms with van der Waals surface area (Å²) >= 11 is 9.04. The summed E-state index contributed by atoms with van der Waals surface area (Å²) in [5.41, 5.74) is 6.15. The lowest BCUT2D eigenvalue weighted by molar-refractivity contribution is 0.473. The first-order chi connectivity index (χ1) is 12.8. The maximum Gasteiger partial charge on any atom is 0.165 e. The molecule has 2 aromatic carbocycles. The summed E-state index contributed by atoms with van der Waals surface area (Å²) in [6, 6.07) is 13.5. The van der Waals surface area contributed by atoms with Crippen LogP contribution in [0.5, 0.6) is 5.75 Å². The molecule has 8 heteroatoms. The highest BCUT2D eigenvalue weighted by atomic mass is 127. The highest BCUT2D eigenvalue weighted by Crippen LogP contribution is 2.37. The average molecular weight is 602 g/mol. The molecule has 2 N–H and O–H groups in total. The molecule has 5 nitrogen and oxygen atoms in total. The van der Waals surface area contributed by atoms with E-state index in [9.17, 15) is 5.11 Å². The van der Waals surface area contributed by atoms with Gasteiger partial charge in [0.25, 0.3) is 0 Å². The molecular weight excluding hydrogens is 587 g/mol. The summed E-state index contributed by atoms with van der Waals surface area (Å²) in [5.74, 6) is 1.06. The standard InChI is InChI=1S/C19H15Br2IN4O/c1-10-7-17(26-25-11(2)12-3-5-14(22)6-4-12)24-19(23-10)15-8-13(20)9-16(21)18(15)27/h3-9,27H,1-2H3,(H,23,24,26). The Morgan fingerprint density at radius 2 is 1.81 bits per heavy atom. The van der Waals surface area contributed by atoms with Crippen molar-refractivity contribution in [1.29, 1.82) is 0 Å². The Bertz CT molecular complexity index is 1020. The molecule has 0 saturated heterocycles. The smallest absolute Gasteiger partial charge is 0.165 e. The van der Waals surface area contributed by atoms with Crippen LogP contribution in [0.15, 0.2) is 56.5 Å². The third kappa shape index (κ3) is 5.05. The highest BCUT2D eigenvalue weighted by Gasteiger charge is 2.13. The molecular formula is C19H15Br2IN4O. The van der Waals surface area contributed by atoms with Gasteiger partial charge in [-0.3, -0.25) is 5.43 Å². The predicted molar refractivity (Wildman–Crippen MR) is 124 cm³/mol. The second kappa shape index (κ2) is 8.66. The second-order valence-corrected chi connectivity index (χ2v) is 8.83. The number of aryl methyl sites for hydroxylation is 1. The zero-order valence-corrected chi connectivity index (χ0v) is 19.8. The van der Waals surface area contributed by atoms with Gasteiger partial charge < -0.3 is 5.11 Å². The van der Waals surface area contributed by atoms with E-state index in [0.29, 0.717) is 21.7 Å². The number of aromatic nitrogens is 2. The van der Waals surface area contributed by atoms with E-state index in [-0.39, 0.29) is 5.75 Å². The van der Waals surface area contributed by atoms with Crippen LogP contribution in [-0.4, -0.2) is 20.8 Å². The van der Waals surface area contributed by atoms with E-state index in [2.05, 4.69) is 74.9 Å². The molecule has 3 rings (SSSR count). The largest absolute Gasteiger partial charge is 0.506 e. The van der Waals surface area contributed by atoms with Crippen LogP contribution in [0.1, 0.15) is 18.2 Å². The number of anilines is 1. The normalized spacial score (nSPS) is 11.5. The molecule has 0 spiro atoms. The lowest BCUT2D eigenvalue weighted by Crippen LogP contribution is -2.03. The Kier molecular flexibility index (Phi) is 6.48. The van der Waals surface area contributed by atoms with E-state index in [0.717, 1.165) is 21.4 Å². The third-order valence-electron chi connectivity index (χ3n) is 3.72. The molecule has 0 unspecified atom stereocenters. The van der Waals surface area contributed by atoms with E-state index >= 15 is 0 Å². The summed E-state index contributed by atoms with van der Waals surface area (Å²) in [6.45, 7) is 3.80. The van der Waals surface area contributed by atoms with Gasteiger partial charge in [0, 0.05) is 19.8 Å². The van der Waals surface area contributed by atoms with Crippen LogP contribution in [0.3, 0.4) is 0 Å². The van der Waals surface area contributed by atoms with Crippen molar-refractivity contribution in [2.45, 2.75) is 13.8 Å². The Hall–Kier alpha value is -1.52. The number of halogens is 3. The maximum absolute atomic E-state index is 10.4. The Balaban J connectivity index is 1.92. The molecule has 0 fully saturated rings. The van der Waals surface area contributed by atoms with Crippen molar-refractivity contribution in [1.82, 2.24) is 9.97 Å². The van der Waals surface area contributed by atoms with Gasteiger partial charge in [-0.15, -0.1) is 0 Å². The van der Waals surface area contributed by atoms with Gasteiger partial charge in [0.05, 0.1) is 15.7 Å². The van der Waals surface area contributed by atoms with E-state index < -0.39 is 0 Å². The third-order valence-corrected chi connectivity index (χ3v) is 5.50. The van der Waals surface area contributed by atoms with Gasteiger partial charge in [-0.25, -0.2) is 9.97 Å². The molecule has 0 aliphatic carbocycles. The minimum absolute atomic E-state index is 0.0910. The second-order valence-electron chi connectivity index (χ2n) is 5.82. The zero-order valence-electron chi connectivity index (χ0n) is 14.5.